The summed E-state index contributed by atoms with van der Waals surface area (Å²) in [5, 5.41) is 1.23. The number of nitrogens with zero attached hydrogens (tertiary/aromatic N) is 1. The van der Waals surface area contributed by atoms with Crippen molar-refractivity contribution in [1.29, 1.82) is 0 Å². The van der Waals surface area contributed by atoms with Gasteiger partial charge in [0.15, 0.2) is 0 Å². The average molecular weight is 466 g/mol. The van der Waals surface area contributed by atoms with Crippen molar-refractivity contribution in [3.05, 3.63) is 72.4 Å². The van der Waals surface area contributed by atoms with Gasteiger partial charge >= 0.3 is 0 Å². The molecule has 0 atom stereocenters. The zero-order chi connectivity index (χ0) is 23.5. The number of ether oxygens (including phenoxy) is 3. The summed E-state index contributed by atoms with van der Waals surface area (Å²) in [7, 11) is 1.82. The summed E-state index contributed by atoms with van der Waals surface area (Å²) in [6.45, 7) is 13.3. The number of thioether (sulfide) groups is 1. The van der Waals surface area contributed by atoms with Crippen LogP contribution in [0.15, 0.2) is 66.2 Å². The Kier molecular flexibility index (Phi) is 7.22. The molecular formula is C28H35NO3S. The van der Waals surface area contributed by atoms with E-state index < -0.39 is 0 Å². The highest BCUT2D eigenvalue weighted by atomic mass is 32.2. The van der Waals surface area contributed by atoms with E-state index in [0.717, 1.165) is 38.3 Å². The molecule has 4 nitrogen and oxygen atoms in total. The van der Waals surface area contributed by atoms with Crippen LogP contribution >= 0.6 is 11.8 Å². The second-order valence-electron chi connectivity index (χ2n) is 9.63. The van der Waals surface area contributed by atoms with Crippen molar-refractivity contribution < 1.29 is 14.2 Å². The largest absolute Gasteiger partial charge is 0.490 e. The van der Waals surface area contributed by atoms with Gasteiger partial charge < -0.3 is 18.8 Å². The molecule has 0 spiro atoms. The van der Waals surface area contributed by atoms with Crippen molar-refractivity contribution in [2.24, 2.45) is 0 Å². The number of aromatic nitrogens is 1. The SMILES string of the molecule is C=CCOc1ccc2c(c1)c(SC(C)(C)C)cn2Cc1cccc(C2(OC)CCOCC2)c1. The van der Waals surface area contributed by atoms with Gasteiger partial charge in [-0.15, -0.1) is 11.8 Å². The zero-order valence-corrected chi connectivity index (χ0v) is 21.0. The minimum Gasteiger partial charge on any atom is -0.490 e. The first-order valence-corrected chi connectivity index (χ1v) is 12.4. The van der Waals surface area contributed by atoms with Crippen LogP contribution in [0.3, 0.4) is 0 Å². The molecule has 0 unspecified atom stereocenters. The lowest BCUT2D eigenvalue weighted by atomic mass is 9.85. The van der Waals surface area contributed by atoms with Gasteiger partial charge in [0.05, 0.1) is 5.60 Å². The van der Waals surface area contributed by atoms with E-state index in [2.05, 4.69) is 74.5 Å². The lowest BCUT2D eigenvalue weighted by Crippen LogP contribution is -2.35. The maximum Gasteiger partial charge on any atom is 0.120 e. The topological polar surface area (TPSA) is 32.6 Å². The second kappa shape index (κ2) is 9.96. The first-order valence-electron chi connectivity index (χ1n) is 11.6. The molecule has 1 aliphatic heterocycles. The van der Waals surface area contributed by atoms with Crippen molar-refractivity contribution in [3.8, 4) is 5.75 Å². The van der Waals surface area contributed by atoms with Crippen molar-refractivity contribution in [1.82, 2.24) is 4.57 Å². The third-order valence-electron chi connectivity index (χ3n) is 6.10. The highest BCUT2D eigenvalue weighted by molar-refractivity contribution is 8.00. The molecule has 4 rings (SSSR count). The van der Waals surface area contributed by atoms with Crippen LogP contribution in [0.1, 0.15) is 44.7 Å². The molecule has 5 heteroatoms. The minimum atomic E-state index is -0.252. The van der Waals surface area contributed by atoms with Crippen LogP contribution in [0.5, 0.6) is 5.75 Å². The fraction of sp³-hybridized carbons (Fsp3) is 0.429. The molecule has 2 heterocycles. The van der Waals surface area contributed by atoms with Gasteiger partial charge in [0.1, 0.15) is 12.4 Å². The van der Waals surface area contributed by atoms with Gasteiger partial charge in [0.25, 0.3) is 0 Å². The van der Waals surface area contributed by atoms with E-state index in [1.165, 1.54) is 26.9 Å². The molecule has 0 amide bonds. The Bertz CT molecular complexity index is 1110. The Balaban J connectivity index is 1.69. The predicted octanol–water partition coefficient (Wildman–Crippen LogP) is 6.80. The van der Waals surface area contributed by atoms with Crippen LogP contribution in [-0.2, 0) is 21.6 Å². The summed E-state index contributed by atoms with van der Waals surface area (Å²) in [5.74, 6) is 0.875. The van der Waals surface area contributed by atoms with Crippen LogP contribution in [0.4, 0.5) is 0 Å². The number of hydrogen-bond acceptors (Lipinski definition) is 4. The Labute approximate surface area is 201 Å². The van der Waals surface area contributed by atoms with E-state index >= 15 is 0 Å². The quantitative estimate of drug-likeness (QED) is 0.271. The Morgan fingerprint density at radius 3 is 2.64 bits per heavy atom. The fourth-order valence-corrected chi connectivity index (χ4v) is 5.61. The van der Waals surface area contributed by atoms with Gasteiger partial charge in [-0.05, 0) is 29.3 Å². The molecule has 176 valence electrons. The van der Waals surface area contributed by atoms with E-state index in [0.29, 0.717) is 6.61 Å². The molecule has 0 saturated carbocycles. The standard InChI is InChI=1S/C28H35NO3S/c1-6-14-32-23-10-11-25-24(18-23)26(33-27(2,3)4)20-29(25)19-21-8-7-9-22(17-21)28(30-5)12-15-31-16-13-28/h6-11,17-18,20H,1,12-16,19H2,2-5H3. The summed E-state index contributed by atoms with van der Waals surface area (Å²) >= 11 is 1.89. The van der Waals surface area contributed by atoms with Crippen LogP contribution in [0, 0.1) is 0 Å². The average Bonchev–Trinajstić information content (AvgIpc) is 3.13. The maximum absolute atomic E-state index is 6.03. The van der Waals surface area contributed by atoms with Crippen molar-refractivity contribution >= 4 is 22.7 Å². The van der Waals surface area contributed by atoms with Gasteiger partial charge in [-0.25, -0.2) is 0 Å². The smallest absolute Gasteiger partial charge is 0.120 e. The highest BCUT2D eigenvalue weighted by Gasteiger charge is 2.34. The van der Waals surface area contributed by atoms with E-state index in [-0.39, 0.29) is 10.3 Å². The van der Waals surface area contributed by atoms with Crippen molar-refractivity contribution in [2.75, 3.05) is 26.9 Å². The number of methoxy groups -OCH3 is 1. The van der Waals surface area contributed by atoms with E-state index in [1.807, 2.05) is 24.9 Å². The fourth-order valence-electron chi connectivity index (χ4n) is 4.49. The van der Waals surface area contributed by atoms with Crippen LogP contribution < -0.4 is 4.74 Å². The summed E-state index contributed by atoms with van der Waals surface area (Å²) in [6.07, 6.45) is 5.84. The van der Waals surface area contributed by atoms with Gasteiger partial charge in [-0.1, -0.05) is 57.7 Å². The molecule has 0 N–H and O–H groups in total. The molecule has 0 bridgehead atoms. The lowest BCUT2D eigenvalue weighted by molar-refractivity contribution is -0.0948. The normalized spacial score (nSPS) is 16.1. The second-order valence-corrected chi connectivity index (χ2v) is 11.5. The summed E-state index contributed by atoms with van der Waals surface area (Å²) in [5.41, 5.74) is 3.47. The number of benzene rings is 2. The molecule has 1 aromatic heterocycles. The van der Waals surface area contributed by atoms with Crippen LogP contribution in [0.2, 0.25) is 0 Å². The minimum absolute atomic E-state index is 0.116. The molecular weight excluding hydrogens is 430 g/mol. The van der Waals surface area contributed by atoms with E-state index in [9.17, 15) is 0 Å². The van der Waals surface area contributed by atoms with Crippen molar-refractivity contribution in [2.45, 2.75) is 55.4 Å². The Morgan fingerprint density at radius 2 is 1.94 bits per heavy atom. The first kappa shape index (κ1) is 23.9. The number of fused-ring (bicyclic) bond motifs is 1. The third kappa shape index (κ3) is 5.48. The monoisotopic (exact) mass is 465 g/mol. The van der Waals surface area contributed by atoms with Crippen LogP contribution in [-0.4, -0.2) is 36.2 Å². The molecule has 1 aliphatic rings. The van der Waals surface area contributed by atoms with Gasteiger partial charge in [-0.3, -0.25) is 0 Å². The summed E-state index contributed by atoms with van der Waals surface area (Å²) in [6, 6.07) is 15.2. The maximum atomic E-state index is 6.03. The van der Waals surface area contributed by atoms with Crippen molar-refractivity contribution in [3.63, 3.8) is 0 Å². The Morgan fingerprint density at radius 1 is 1.15 bits per heavy atom. The van der Waals surface area contributed by atoms with Gasteiger partial charge in [0, 0.05) is 66.5 Å². The number of rotatable bonds is 8. The van der Waals surface area contributed by atoms with E-state index in [1.54, 1.807) is 6.08 Å². The van der Waals surface area contributed by atoms with Gasteiger partial charge in [-0.2, -0.15) is 0 Å². The summed E-state index contributed by atoms with van der Waals surface area (Å²) in [4.78, 5) is 1.27. The van der Waals surface area contributed by atoms with Crippen LogP contribution in [0.25, 0.3) is 10.9 Å². The zero-order valence-electron chi connectivity index (χ0n) is 20.2. The molecule has 1 saturated heterocycles. The highest BCUT2D eigenvalue weighted by Crippen LogP contribution is 2.40. The molecule has 2 aromatic carbocycles. The predicted molar refractivity (Wildman–Crippen MR) is 138 cm³/mol. The third-order valence-corrected chi connectivity index (χ3v) is 7.25. The van der Waals surface area contributed by atoms with Gasteiger partial charge in [0.2, 0.25) is 0 Å². The molecule has 3 aromatic rings. The first-order chi connectivity index (χ1) is 15.8. The summed E-state index contributed by atoms with van der Waals surface area (Å²) < 4.78 is 19.9. The molecule has 0 aliphatic carbocycles. The molecule has 0 radical (unpaired) electrons. The Hall–Kier alpha value is -2.21. The molecule has 33 heavy (non-hydrogen) atoms. The lowest BCUT2D eigenvalue weighted by Gasteiger charge is -2.36. The van der Waals surface area contributed by atoms with E-state index in [4.69, 9.17) is 14.2 Å². The molecule has 1 fully saturated rings. The number of hydrogen-bond donors (Lipinski definition) is 0.